The molecule has 2 rings (SSSR count). The molecule has 0 spiro atoms. The van der Waals surface area contributed by atoms with Gasteiger partial charge in [0, 0.05) is 5.02 Å². The van der Waals surface area contributed by atoms with E-state index in [0.29, 0.717) is 16.3 Å². The Morgan fingerprint density at radius 2 is 2.35 bits per heavy atom. The van der Waals surface area contributed by atoms with Crippen molar-refractivity contribution in [3.8, 4) is 6.07 Å². The summed E-state index contributed by atoms with van der Waals surface area (Å²) in [5, 5.41) is 9.92. The number of hydrogen-bond donors (Lipinski definition) is 1. The zero-order valence-electron chi connectivity index (χ0n) is 12.5. The maximum absolute atomic E-state index is 12.4. The zero-order chi connectivity index (χ0) is 17.0. The van der Waals surface area contributed by atoms with Gasteiger partial charge in [0.15, 0.2) is 0 Å². The molecule has 1 aliphatic heterocycles. The fourth-order valence-corrected chi connectivity index (χ4v) is 2.58. The highest BCUT2D eigenvalue weighted by Crippen LogP contribution is 2.40. The Balaban J connectivity index is 2.57. The van der Waals surface area contributed by atoms with Crippen LogP contribution >= 0.6 is 11.6 Å². The van der Waals surface area contributed by atoms with Gasteiger partial charge < -0.3 is 15.2 Å². The predicted molar refractivity (Wildman–Crippen MR) is 86.0 cm³/mol. The van der Waals surface area contributed by atoms with Crippen LogP contribution < -0.4 is 5.73 Å². The number of nitrogens with two attached hydrogens (primary N) is 1. The van der Waals surface area contributed by atoms with E-state index in [-0.39, 0.29) is 23.6 Å². The average molecular weight is 331 g/mol. The maximum Gasteiger partial charge on any atom is 0.338 e. The number of halogens is 1. The molecule has 0 aliphatic carbocycles. The molecule has 1 heterocycles. The van der Waals surface area contributed by atoms with E-state index in [1.165, 1.54) is 6.08 Å². The summed E-state index contributed by atoms with van der Waals surface area (Å²) in [5.74, 6) is -1.02. The molecule has 0 bridgehead atoms. The molecule has 6 heteroatoms. The number of carbonyl (C=O) groups excluding carboxylic acids is 1. The molecule has 0 unspecified atom stereocenters. The lowest BCUT2D eigenvalue weighted by Crippen LogP contribution is -2.25. The Morgan fingerprint density at radius 3 is 2.96 bits per heavy atom. The normalized spacial score (nSPS) is 17.3. The smallest absolute Gasteiger partial charge is 0.338 e. The summed E-state index contributed by atoms with van der Waals surface area (Å²) >= 11 is 6.03. The molecule has 2 N–H and O–H groups in total. The van der Waals surface area contributed by atoms with Gasteiger partial charge in [0.2, 0.25) is 5.88 Å². The Kier molecular flexibility index (Phi) is 5.09. The summed E-state index contributed by atoms with van der Waals surface area (Å²) in [5.41, 5.74) is 6.83. The lowest BCUT2D eigenvalue weighted by Gasteiger charge is -2.26. The largest absolute Gasteiger partial charge is 0.458 e. The number of carbonyl (C=O) groups is 1. The standard InChI is InChI=1S/C17H15ClN2O3/c1-3-7-22-17(21)14-10(2)23-16(20)13(9-19)15(14)11-5-4-6-12(18)8-11/h3-6,8,15H,1,7,20H2,2H3/t15-/m1/s1. The van der Waals surface area contributed by atoms with E-state index in [4.69, 9.17) is 26.8 Å². The molecule has 0 radical (unpaired) electrons. The van der Waals surface area contributed by atoms with Gasteiger partial charge in [-0.2, -0.15) is 5.26 Å². The maximum atomic E-state index is 12.4. The van der Waals surface area contributed by atoms with Gasteiger partial charge in [-0.25, -0.2) is 4.79 Å². The minimum absolute atomic E-state index is 0.0322. The molecule has 23 heavy (non-hydrogen) atoms. The third-order valence-electron chi connectivity index (χ3n) is 3.34. The number of hydrogen-bond acceptors (Lipinski definition) is 5. The summed E-state index contributed by atoms with van der Waals surface area (Å²) in [4.78, 5) is 12.4. The van der Waals surface area contributed by atoms with Gasteiger partial charge in [0.1, 0.15) is 24.0 Å². The highest BCUT2D eigenvalue weighted by molar-refractivity contribution is 6.30. The van der Waals surface area contributed by atoms with Gasteiger partial charge in [0.05, 0.1) is 11.5 Å². The first-order chi connectivity index (χ1) is 11.0. The van der Waals surface area contributed by atoms with Gasteiger partial charge in [0.25, 0.3) is 0 Å². The van der Waals surface area contributed by atoms with E-state index >= 15 is 0 Å². The molecule has 1 aromatic rings. The minimum Gasteiger partial charge on any atom is -0.458 e. The summed E-state index contributed by atoms with van der Waals surface area (Å²) in [6.45, 7) is 5.16. The molecule has 0 amide bonds. The van der Waals surface area contributed by atoms with Crippen LogP contribution in [0.5, 0.6) is 0 Å². The van der Waals surface area contributed by atoms with E-state index in [1.54, 1.807) is 31.2 Å². The van der Waals surface area contributed by atoms with Crippen LogP contribution in [0.1, 0.15) is 18.4 Å². The van der Waals surface area contributed by atoms with Gasteiger partial charge in [-0.3, -0.25) is 0 Å². The van der Waals surface area contributed by atoms with Crippen molar-refractivity contribution in [2.24, 2.45) is 5.73 Å². The molecule has 0 aromatic heterocycles. The van der Waals surface area contributed by atoms with Gasteiger partial charge in [-0.05, 0) is 24.6 Å². The van der Waals surface area contributed by atoms with E-state index < -0.39 is 11.9 Å². The molecule has 0 saturated heterocycles. The highest BCUT2D eigenvalue weighted by Gasteiger charge is 2.36. The van der Waals surface area contributed by atoms with E-state index in [2.05, 4.69) is 6.58 Å². The second-order valence-corrected chi connectivity index (χ2v) is 5.27. The number of rotatable bonds is 4. The Hall–Kier alpha value is -2.71. The first kappa shape index (κ1) is 16.7. The fourth-order valence-electron chi connectivity index (χ4n) is 2.38. The van der Waals surface area contributed by atoms with Crippen LogP contribution in [-0.4, -0.2) is 12.6 Å². The predicted octanol–water partition coefficient (Wildman–Crippen LogP) is 3.15. The van der Waals surface area contributed by atoms with Gasteiger partial charge >= 0.3 is 5.97 Å². The van der Waals surface area contributed by atoms with E-state index in [9.17, 15) is 10.1 Å². The van der Waals surface area contributed by atoms with E-state index in [0.717, 1.165) is 0 Å². The fraction of sp³-hybridized carbons (Fsp3) is 0.176. The number of benzene rings is 1. The van der Waals surface area contributed by atoms with Crippen molar-refractivity contribution in [3.05, 3.63) is 70.3 Å². The molecular weight excluding hydrogens is 316 g/mol. The Labute approximate surface area is 139 Å². The van der Waals surface area contributed by atoms with Crippen molar-refractivity contribution in [1.29, 1.82) is 5.26 Å². The Bertz CT molecular complexity index is 759. The lowest BCUT2D eigenvalue weighted by atomic mass is 9.83. The summed E-state index contributed by atoms with van der Waals surface area (Å²) in [6, 6.07) is 8.89. The van der Waals surface area contributed by atoms with Crippen molar-refractivity contribution in [1.82, 2.24) is 0 Å². The third kappa shape index (κ3) is 3.38. The average Bonchev–Trinajstić information content (AvgIpc) is 2.52. The van der Waals surface area contributed by atoms with E-state index in [1.807, 2.05) is 6.07 Å². The molecule has 5 nitrogen and oxygen atoms in total. The van der Waals surface area contributed by atoms with Crippen LogP contribution in [0.25, 0.3) is 0 Å². The number of allylic oxidation sites excluding steroid dienone is 2. The van der Waals surface area contributed by atoms with Crippen LogP contribution in [0, 0.1) is 11.3 Å². The number of ether oxygens (including phenoxy) is 2. The highest BCUT2D eigenvalue weighted by atomic mass is 35.5. The van der Waals surface area contributed by atoms with Gasteiger partial charge in [-0.1, -0.05) is 36.4 Å². The summed E-state index contributed by atoms with van der Waals surface area (Å²) in [6.07, 6.45) is 1.46. The lowest BCUT2D eigenvalue weighted by molar-refractivity contribution is -0.138. The van der Waals surface area contributed by atoms with Crippen LogP contribution in [-0.2, 0) is 14.3 Å². The first-order valence-corrected chi connectivity index (χ1v) is 7.19. The second-order valence-electron chi connectivity index (χ2n) is 4.84. The van der Waals surface area contributed by atoms with Crippen LogP contribution in [0.3, 0.4) is 0 Å². The molecule has 0 saturated carbocycles. The van der Waals surface area contributed by atoms with Crippen molar-refractivity contribution in [3.63, 3.8) is 0 Å². The van der Waals surface area contributed by atoms with Crippen molar-refractivity contribution in [2.45, 2.75) is 12.8 Å². The molecule has 1 aromatic carbocycles. The molecule has 1 aliphatic rings. The monoisotopic (exact) mass is 330 g/mol. The molecular formula is C17H15ClN2O3. The van der Waals surface area contributed by atoms with Crippen LogP contribution in [0.4, 0.5) is 0 Å². The zero-order valence-corrected chi connectivity index (χ0v) is 13.3. The SMILES string of the molecule is C=CCOC(=O)C1=C(C)OC(N)=C(C#N)[C@H]1c1cccc(Cl)c1. The molecule has 0 fully saturated rings. The molecule has 118 valence electrons. The van der Waals surface area contributed by atoms with Crippen molar-refractivity contribution < 1.29 is 14.3 Å². The van der Waals surface area contributed by atoms with Crippen molar-refractivity contribution >= 4 is 17.6 Å². The number of esters is 1. The molecule has 1 atom stereocenters. The summed E-state index contributed by atoms with van der Waals surface area (Å²) in [7, 11) is 0. The first-order valence-electron chi connectivity index (χ1n) is 6.81. The topological polar surface area (TPSA) is 85.3 Å². The second kappa shape index (κ2) is 7.03. The third-order valence-corrected chi connectivity index (χ3v) is 3.57. The van der Waals surface area contributed by atoms with Crippen LogP contribution in [0.15, 0.2) is 59.7 Å². The van der Waals surface area contributed by atoms with Crippen LogP contribution in [0.2, 0.25) is 5.02 Å². The quantitative estimate of drug-likeness (QED) is 0.677. The van der Waals surface area contributed by atoms with Gasteiger partial charge in [-0.15, -0.1) is 0 Å². The van der Waals surface area contributed by atoms with Crippen molar-refractivity contribution in [2.75, 3.05) is 6.61 Å². The summed E-state index contributed by atoms with van der Waals surface area (Å²) < 4.78 is 10.5. The Morgan fingerprint density at radius 1 is 1.61 bits per heavy atom. The minimum atomic E-state index is -0.690. The number of nitriles is 1. The number of nitrogens with zero attached hydrogens (tertiary/aromatic N) is 1.